The van der Waals surface area contributed by atoms with Crippen molar-refractivity contribution in [1.29, 1.82) is 0 Å². The van der Waals surface area contributed by atoms with E-state index in [1.54, 1.807) is 0 Å². The molecule has 0 bridgehead atoms. The molecule has 0 radical (unpaired) electrons. The molecule has 0 unspecified atom stereocenters. The van der Waals surface area contributed by atoms with Gasteiger partial charge in [0.15, 0.2) is 0 Å². The van der Waals surface area contributed by atoms with Gasteiger partial charge in [-0.3, -0.25) is 0 Å². The zero-order chi connectivity index (χ0) is 46.8. The highest BCUT2D eigenvalue weighted by Gasteiger charge is 2.20. The van der Waals surface area contributed by atoms with Crippen LogP contribution in [0.15, 0.2) is 273 Å². The summed E-state index contributed by atoms with van der Waals surface area (Å²) in [6.07, 6.45) is 0. The first kappa shape index (κ1) is 40.7. The van der Waals surface area contributed by atoms with Crippen molar-refractivity contribution >= 4 is 64.9 Å². The molecule has 1 aromatic heterocycles. The molecule has 1 heterocycles. The summed E-state index contributed by atoms with van der Waals surface area (Å²) in [6.45, 7) is 0. The van der Waals surface area contributed by atoms with Gasteiger partial charge in [0.1, 0.15) is 0 Å². The van der Waals surface area contributed by atoms with Crippen LogP contribution in [0.25, 0.3) is 137 Å². The normalized spacial score (nSPS) is 11.7. The number of hydrogen-bond acceptors (Lipinski definition) is 0. The summed E-state index contributed by atoms with van der Waals surface area (Å²) in [7, 11) is 0. The van der Waals surface area contributed by atoms with Crippen molar-refractivity contribution in [2.24, 2.45) is 0 Å². The molecule has 13 aromatic carbocycles. The second kappa shape index (κ2) is 16.7. The number of rotatable bonds is 7. The summed E-state index contributed by atoms with van der Waals surface area (Å²) in [6, 6.07) is 101. The second-order valence-electron chi connectivity index (χ2n) is 18.8. The average molecular weight is 900 g/mol. The van der Waals surface area contributed by atoms with Gasteiger partial charge in [0.25, 0.3) is 0 Å². The standard InChI is InChI=1S/C70H45N/c1-3-17-52(18-4-1)69-61-25-11-12-26-62(61)70(53-19-5-2-6-20-53)66-45-56(39-40-63(66)69)71-67-41-37-54(46-29-33-50(34-30-46)59-27-13-21-48-15-7-9-23-57(48)59)43-64(67)65-44-55(38-42-68(65)71)47-31-35-51(36-32-47)60-28-14-22-49-16-8-10-24-58(49)60/h1-45H. The molecule has 0 saturated heterocycles. The van der Waals surface area contributed by atoms with Crippen molar-refractivity contribution in [3.63, 3.8) is 0 Å². The molecule has 0 N–H and O–H groups in total. The summed E-state index contributed by atoms with van der Waals surface area (Å²) in [5.41, 5.74) is 18.1. The monoisotopic (exact) mass is 899 g/mol. The number of aromatic nitrogens is 1. The maximum atomic E-state index is 2.48. The summed E-state index contributed by atoms with van der Waals surface area (Å²) in [5.74, 6) is 0. The zero-order valence-corrected chi connectivity index (χ0v) is 38.9. The SMILES string of the molecule is c1ccc(-c2c3ccccc3c(-c3ccccc3)c3cc(-n4c5ccc(-c6ccc(-c7cccc8ccccc78)cc6)cc5c5cc(-c6ccc(-c7cccc8ccccc78)cc6)ccc54)ccc23)cc1. The van der Waals surface area contributed by atoms with Crippen LogP contribution in [-0.2, 0) is 0 Å². The lowest BCUT2D eigenvalue weighted by atomic mass is 9.86. The topological polar surface area (TPSA) is 4.93 Å². The van der Waals surface area contributed by atoms with Crippen LogP contribution < -0.4 is 0 Å². The Balaban J connectivity index is 0.965. The van der Waals surface area contributed by atoms with Gasteiger partial charge < -0.3 is 4.57 Å². The van der Waals surface area contributed by atoms with Gasteiger partial charge in [0, 0.05) is 16.5 Å². The first-order valence-corrected chi connectivity index (χ1v) is 24.6. The Kier molecular flexibility index (Phi) is 9.60. The Morgan fingerprint density at radius 1 is 0.197 bits per heavy atom. The fraction of sp³-hybridized carbons (Fsp3) is 0. The molecule has 71 heavy (non-hydrogen) atoms. The predicted molar refractivity (Wildman–Crippen MR) is 303 cm³/mol. The quantitative estimate of drug-likeness (QED) is 0.141. The molecule has 330 valence electrons. The van der Waals surface area contributed by atoms with E-state index in [9.17, 15) is 0 Å². The minimum absolute atomic E-state index is 1.13. The van der Waals surface area contributed by atoms with Gasteiger partial charge in [-0.05, 0) is 146 Å². The van der Waals surface area contributed by atoms with Crippen LogP contribution in [0, 0.1) is 0 Å². The van der Waals surface area contributed by atoms with Crippen LogP contribution >= 0.6 is 0 Å². The van der Waals surface area contributed by atoms with Gasteiger partial charge in [-0.15, -0.1) is 0 Å². The van der Waals surface area contributed by atoms with E-state index >= 15 is 0 Å². The predicted octanol–water partition coefficient (Wildman–Crippen LogP) is 19.4. The zero-order valence-electron chi connectivity index (χ0n) is 38.9. The molecular weight excluding hydrogens is 855 g/mol. The van der Waals surface area contributed by atoms with Crippen molar-refractivity contribution in [2.45, 2.75) is 0 Å². The first-order chi connectivity index (χ1) is 35.2. The maximum Gasteiger partial charge on any atom is 0.0541 e. The molecule has 1 nitrogen and oxygen atoms in total. The second-order valence-corrected chi connectivity index (χ2v) is 18.8. The molecule has 0 amide bonds. The molecule has 0 aliphatic rings. The van der Waals surface area contributed by atoms with Crippen LogP contribution in [0.3, 0.4) is 0 Å². The highest BCUT2D eigenvalue weighted by Crippen LogP contribution is 2.46. The largest absolute Gasteiger partial charge is 0.309 e. The molecule has 0 fully saturated rings. The Bertz CT molecular complexity index is 4160. The number of fused-ring (bicyclic) bond motifs is 7. The summed E-state index contributed by atoms with van der Waals surface area (Å²) < 4.78 is 2.48. The Labute approximate surface area is 412 Å². The van der Waals surface area contributed by atoms with Gasteiger partial charge in [-0.1, -0.05) is 237 Å². The number of benzene rings is 13. The number of hydrogen-bond donors (Lipinski definition) is 0. The van der Waals surface area contributed by atoms with Gasteiger partial charge in [0.2, 0.25) is 0 Å². The molecule has 1 heteroatoms. The van der Waals surface area contributed by atoms with Gasteiger partial charge in [-0.25, -0.2) is 0 Å². The summed E-state index contributed by atoms with van der Waals surface area (Å²) in [5, 5.41) is 12.5. The van der Waals surface area contributed by atoms with Gasteiger partial charge >= 0.3 is 0 Å². The molecule has 14 aromatic rings. The van der Waals surface area contributed by atoms with Gasteiger partial charge in [-0.2, -0.15) is 0 Å². The third-order valence-corrected chi connectivity index (χ3v) is 14.8. The lowest BCUT2D eigenvalue weighted by molar-refractivity contribution is 1.19. The highest BCUT2D eigenvalue weighted by molar-refractivity contribution is 6.22. The van der Waals surface area contributed by atoms with E-state index < -0.39 is 0 Å². The molecular formula is C70H45N. The lowest BCUT2D eigenvalue weighted by Crippen LogP contribution is -1.96. The Morgan fingerprint density at radius 2 is 0.577 bits per heavy atom. The molecule has 14 rings (SSSR count). The minimum Gasteiger partial charge on any atom is -0.309 e. The highest BCUT2D eigenvalue weighted by atomic mass is 15.0. The van der Waals surface area contributed by atoms with Crippen LogP contribution in [-0.4, -0.2) is 4.57 Å². The van der Waals surface area contributed by atoms with E-state index in [-0.39, 0.29) is 0 Å². The van der Waals surface area contributed by atoms with Gasteiger partial charge in [0.05, 0.1) is 11.0 Å². The third-order valence-electron chi connectivity index (χ3n) is 14.8. The van der Waals surface area contributed by atoms with Crippen LogP contribution in [0.4, 0.5) is 0 Å². The van der Waals surface area contributed by atoms with Crippen molar-refractivity contribution in [2.75, 3.05) is 0 Å². The van der Waals surface area contributed by atoms with Crippen molar-refractivity contribution in [1.82, 2.24) is 4.57 Å². The van der Waals surface area contributed by atoms with Crippen molar-refractivity contribution in [3.8, 4) is 72.4 Å². The fourth-order valence-electron chi connectivity index (χ4n) is 11.4. The van der Waals surface area contributed by atoms with E-state index in [0.717, 1.165) is 5.69 Å². The summed E-state index contributed by atoms with van der Waals surface area (Å²) in [4.78, 5) is 0. The molecule has 0 saturated carbocycles. The van der Waals surface area contributed by atoms with Crippen LogP contribution in [0.5, 0.6) is 0 Å². The van der Waals surface area contributed by atoms with Crippen LogP contribution in [0.2, 0.25) is 0 Å². The molecule has 0 aliphatic heterocycles. The first-order valence-electron chi connectivity index (χ1n) is 24.6. The molecule has 0 atom stereocenters. The molecule has 0 aliphatic carbocycles. The average Bonchev–Trinajstić information content (AvgIpc) is 3.77. The fourth-order valence-corrected chi connectivity index (χ4v) is 11.4. The van der Waals surface area contributed by atoms with E-state index in [2.05, 4.69) is 278 Å². The Hall–Kier alpha value is -9.30. The summed E-state index contributed by atoms with van der Waals surface area (Å²) >= 11 is 0. The van der Waals surface area contributed by atoms with E-state index in [1.165, 1.54) is 132 Å². The number of nitrogens with zero attached hydrogens (tertiary/aromatic N) is 1. The van der Waals surface area contributed by atoms with Crippen molar-refractivity contribution < 1.29 is 0 Å². The lowest BCUT2D eigenvalue weighted by Gasteiger charge is -2.19. The van der Waals surface area contributed by atoms with E-state index in [0.29, 0.717) is 0 Å². The smallest absolute Gasteiger partial charge is 0.0541 e. The maximum absolute atomic E-state index is 2.48. The van der Waals surface area contributed by atoms with Crippen LogP contribution in [0.1, 0.15) is 0 Å². The van der Waals surface area contributed by atoms with E-state index in [1.807, 2.05) is 0 Å². The third kappa shape index (κ3) is 6.85. The Morgan fingerprint density at radius 3 is 1.07 bits per heavy atom. The minimum atomic E-state index is 1.13. The van der Waals surface area contributed by atoms with Crippen molar-refractivity contribution in [3.05, 3.63) is 273 Å². The molecule has 0 spiro atoms. The van der Waals surface area contributed by atoms with E-state index in [4.69, 9.17) is 0 Å².